The first-order valence-electron chi connectivity index (χ1n) is 7.46. The molecule has 2 heterocycles. The molecule has 2 rings (SSSR count). The highest BCUT2D eigenvalue weighted by Crippen LogP contribution is 2.19. The zero-order chi connectivity index (χ0) is 14.4. The molecular weight excluding hydrogens is 254 g/mol. The zero-order valence-electron chi connectivity index (χ0n) is 12.3. The largest absolute Gasteiger partial charge is 0.472 e. The molecule has 20 heavy (non-hydrogen) atoms. The van der Waals surface area contributed by atoms with Crippen LogP contribution in [0.5, 0.6) is 5.88 Å². The monoisotopic (exact) mass is 277 g/mol. The predicted molar refractivity (Wildman–Crippen MR) is 76.3 cm³/mol. The van der Waals surface area contributed by atoms with Crippen LogP contribution in [0.2, 0.25) is 0 Å². The molecule has 1 unspecified atom stereocenters. The second kappa shape index (κ2) is 7.22. The van der Waals surface area contributed by atoms with E-state index in [1.54, 1.807) is 12.3 Å². The van der Waals surface area contributed by atoms with Crippen LogP contribution in [-0.4, -0.2) is 40.0 Å². The van der Waals surface area contributed by atoms with Crippen LogP contribution < -0.4 is 4.74 Å². The van der Waals surface area contributed by atoms with Crippen molar-refractivity contribution in [3.05, 3.63) is 18.6 Å². The summed E-state index contributed by atoms with van der Waals surface area (Å²) < 4.78 is 5.84. The lowest BCUT2D eigenvalue weighted by Gasteiger charge is -2.34. The number of nitrogens with zero attached hydrogens (tertiary/aromatic N) is 3. The third-order valence-corrected chi connectivity index (χ3v) is 3.87. The Morgan fingerprint density at radius 3 is 2.95 bits per heavy atom. The molecule has 110 valence electrons. The number of carbonyl (C=O) groups is 1. The Morgan fingerprint density at radius 1 is 1.50 bits per heavy atom. The number of piperidine rings is 1. The fourth-order valence-corrected chi connectivity index (χ4v) is 2.65. The SMILES string of the molecule is CCC(CC)C(=O)N1CCCC(Oc2ccncn2)C1. The number of carbonyl (C=O) groups excluding carboxylic acids is 1. The Balaban J connectivity index is 1.93. The molecule has 0 bridgehead atoms. The van der Waals surface area contributed by atoms with Gasteiger partial charge in [-0.25, -0.2) is 9.97 Å². The third kappa shape index (κ3) is 3.68. The van der Waals surface area contributed by atoms with Crippen LogP contribution in [0, 0.1) is 5.92 Å². The summed E-state index contributed by atoms with van der Waals surface area (Å²) in [6, 6.07) is 1.75. The zero-order valence-corrected chi connectivity index (χ0v) is 12.3. The van der Waals surface area contributed by atoms with E-state index in [1.807, 2.05) is 4.90 Å². The highest BCUT2D eigenvalue weighted by molar-refractivity contribution is 5.78. The summed E-state index contributed by atoms with van der Waals surface area (Å²) in [7, 11) is 0. The molecule has 1 amide bonds. The molecule has 0 N–H and O–H groups in total. The Kier molecular flexibility index (Phi) is 5.32. The van der Waals surface area contributed by atoms with Gasteiger partial charge in [0.1, 0.15) is 12.4 Å². The van der Waals surface area contributed by atoms with E-state index in [1.165, 1.54) is 6.33 Å². The van der Waals surface area contributed by atoms with Crippen molar-refractivity contribution in [1.29, 1.82) is 0 Å². The minimum absolute atomic E-state index is 0.0389. The summed E-state index contributed by atoms with van der Waals surface area (Å²) in [5, 5.41) is 0. The number of hydrogen-bond acceptors (Lipinski definition) is 4. The van der Waals surface area contributed by atoms with Crippen molar-refractivity contribution in [2.75, 3.05) is 13.1 Å². The number of amides is 1. The maximum Gasteiger partial charge on any atom is 0.225 e. The number of hydrogen-bond donors (Lipinski definition) is 0. The highest BCUT2D eigenvalue weighted by Gasteiger charge is 2.28. The molecule has 5 nitrogen and oxygen atoms in total. The van der Waals surface area contributed by atoms with Gasteiger partial charge in [0.2, 0.25) is 11.8 Å². The minimum Gasteiger partial charge on any atom is -0.472 e. The van der Waals surface area contributed by atoms with Gasteiger partial charge in [0, 0.05) is 24.7 Å². The van der Waals surface area contributed by atoms with Crippen LogP contribution in [0.3, 0.4) is 0 Å². The number of aromatic nitrogens is 2. The van der Waals surface area contributed by atoms with E-state index in [0.717, 1.165) is 32.2 Å². The van der Waals surface area contributed by atoms with E-state index in [9.17, 15) is 4.79 Å². The van der Waals surface area contributed by atoms with Crippen molar-refractivity contribution in [2.45, 2.75) is 45.6 Å². The van der Waals surface area contributed by atoms with E-state index in [-0.39, 0.29) is 17.9 Å². The first-order chi connectivity index (χ1) is 9.74. The molecule has 1 aromatic heterocycles. The molecule has 1 saturated heterocycles. The van der Waals surface area contributed by atoms with Crippen molar-refractivity contribution in [2.24, 2.45) is 5.92 Å². The molecule has 1 aliphatic heterocycles. The maximum atomic E-state index is 12.4. The van der Waals surface area contributed by atoms with Crippen molar-refractivity contribution < 1.29 is 9.53 Å². The van der Waals surface area contributed by atoms with Gasteiger partial charge in [-0.2, -0.15) is 0 Å². The average Bonchev–Trinajstić information content (AvgIpc) is 2.49. The summed E-state index contributed by atoms with van der Waals surface area (Å²) in [5.41, 5.74) is 0. The van der Waals surface area contributed by atoms with Gasteiger partial charge in [-0.1, -0.05) is 13.8 Å². The molecule has 0 aromatic carbocycles. The summed E-state index contributed by atoms with van der Waals surface area (Å²) in [4.78, 5) is 22.3. The summed E-state index contributed by atoms with van der Waals surface area (Å²) in [6.45, 7) is 5.66. The second-order valence-electron chi connectivity index (χ2n) is 5.23. The van der Waals surface area contributed by atoms with Gasteiger partial charge in [0.25, 0.3) is 0 Å². The van der Waals surface area contributed by atoms with Crippen LogP contribution in [0.4, 0.5) is 0 Å². The molecule has 0 saturated carbocycles. The first-order valence-corrected chi connectivity index (χ1v) is 7.46. The van der Waals surface area contributed by atoms with Gasteiger partial charge in [0.05, 0.1) is 6.54 Å². The summed E-state index contributed by atoms with van der Waals surface area (Å²) >= 11 is 0. The molecule has 1 aliphatic rings. The highest BCUT2D eigenvalue weighted by atomic mass is 16.5. The van der Waals surface area contributed by atoms with Crippen molar-refractivity contribution in [1.82, 2.24) is 14.9 Å². The lowest BCUT2D eigenvalue weighted by Crippen LogP contribution is -2.46. The van der Waals surface area contributed by atoms with Crippen molar-refractivity contribution in [3.63, 3.8) is 0 Å². The molecular formula is C15H23N3O2. The Morgan fingerprint density at radius 2 is 2.30 bits per heavy atom. The predicted octanol–water partition coefficient (Wildman–Crippen LogP) is 2.28. The fourth-order valence-electron chi connectivity index (χ4n) is 2.65. The molecule has 5 heteroatoms. The van der Waals surface area contributed by atoms with Gasteiger partial charge in [-0.05, 0) is 25.7 Å². The number of rotatable bonds is 5. The number of ether oxygens (including phenoxy) is 1. The molecule has 1 aromatic rings. The van der Waals surface area contributed by atoms with Crippen LogP contribution in [-0.2, 0) is 4.79 Å². The topological polar surface area (TPSA) is 55.3 Å². The maximum absolute atomic E-state index is 12.4. The summed E-state index contributed by atoms with van der Waals surface area (Å²) in [5.74, 6) is 1.00. The van der Waals surface area contributed by atoms with Crippen molar-refractivity contribution in [3.8, 4) is 5.88 Å². The normalized spacial score (nSPS) is 19.1. The van der Waals surface area contributed by atoms with Crippen LogP contribution in [0.25, 0.3) is 0 Å². The molecule has 0 radical (unpaired) electrons. The average molecular weight is 277 g/mol. The lowest BCUT2D eigenvalue weighted by atomic mass is 9.99. The second-order valence-corrected chi connectivity index (χ2v) is 5.23. The fraction of sp³-hybridized carbons (Fsp3) is 0.667. The Bertz CT molecular complexity index is 420. The molecule has 1 fully saturated rings. The minimum atomic E-state index is 0.0389. The Labute approximate surface area is 120 Å². The third-order valence-electron chi connectivity index (χ3n) is 3.87. The number of likely N-dealkylation sites (tertiary alicyclic amines) is 1. The summed E-state index contributed by atoms with van der Waals surface area (Å²) in [6.07, 6.45) is 6.95. The van der Waals surface area contributed by atoms with Crippen LogP contribution >= 0.6 is 0 Å². The van der Waals surface area contributed by atoms with E-state index in [4.69, 9.17) is 4.74 Å². The van der Waals surface area contributed by atoms with Gasteiger partial charge in [-0.15, -0.1) is 0 Å². The molecule has 1 atom stereocenters. The van der Waals surface area contributed by atoms with Gasteiger partial charge >= 0.3 is 0 Å². The van der Waals surface area contributed by atoms with E-state index < -0.39 is 0 Å². The van der Waals surface area contributed by atoms with E-state index in [2.05, 4.69) is 23.8 Å². The quantitative estimate of drug-likeness (QED) is 0.828. The Hall–Kier alpha value is -1.65. The smallest absolute Gasteiger partial charge is 0.225 e. The van der Waals surface area contributed by atoms with Gasteiger partial charge in [-0.3, -0.25) is 4.79 Å². The molecule has 0 aliphatic carbocycles. The standard InChI is InChI=1S/C15H23N3O2/c1-3-12(4-2)15(19)18-9-5-6-13(10-18)20-14-7-8-16-11-17-14/h7-8,11-13H,3-6,9-10H2,1-2H3. The molecule has 0 spiro atoms. The first kappa shape index (κ1) is 14.8. The van der Waals surface area contributed by atoms with Crippen LogP contribution in [0.15, 0.2) is 18.6 Å². The van der Waals surface area contributed by atoms with Crippen molar-refractivity contribution >= 4 is 5.91 Å². The van der Waals surface area contributed by atoms with Gasteiger partial charge < -0.3 is 9.64 Å². The van der Waals surface area contributed by atoms with E-state index in [0.29, 0.717) is 12.4 Å². The van der Waals surface area contributed by atoms with E-state index >= 15 is 0 Å². The van der Waals surface area contributed by atoms with Crippen LogP contribution in [0.1, 0.15) is 39.5 Å². The van der Waals surface area contributed by atoms with Gasteiger partial charge in [0.15, 0.2) is 0 Å². The lowest BCUT2D eigenvalue weighted by molar-refractivity contribution is -0.138.